The number of halogens is 1. The molecule has 0 radical (unpaired) electrons. The van der Waals surface area contributed by atoms with Gasteiger partial charge in [0.1, 0.15) is 5.82 Å². The van der Waals surface area contributed by atoms with Crippen LogP contribution in [0.4, 0.5) is 10.1 Å². The first kappa shape index (κ1) is 15.4. The number of nitrogens with zero attached hydrogens (tertiary/aromatic N) is 1. The number of pyridine rings is 1. The summed E-state index contributed by atoms with van der Waals surface area (Å²) >= 11 is 0. The first-order chi connectivity index (χ1) is 9.90. The number of rotatable bonds is 5. The molecule has 0 aliphatic carbocycles. The third-order valence-corrected chi connectivity index (χ3v) is 4.65. The van der Waals surface area contributed by atoms with Crippen LogP contribution in [0.3, 0.4) is 0 Å². The lowest BCUT2D eigenvalue weighted by Gasteiger charge is -2.11. The molecule has 0 spiro atoms. The van der Waals surface area contributed by atoms with Gasteiger partial charge >= 0.3 is 0 Å². The average molecular weight is 309 g/mol. The number of hydrogen-bond donors (Lipinski definition) is 2. The van der Waals surface area contributed by atoms with E-state index in [0.717, 1.165) is 11.6 Å². The van der Waals surface area contributed by atoms with Crippen molar-refractivity contribution >= 4 is 15.7 Å². The number of aromatic nitrogens is 1. The zero-order chi connectivity index (χ0) is 15.5. The molecule has 0 saturated carbocycles. The van der Waals surface area contributed by atoms with Crippen LogP contribution in [-0.4, -0.2) is 19.9 Å². The Morgan fingerprint density at radius 3 is 2.62 bits per heavy atom. The minimum absolute atomic E-state index is 0.0561. The van der Waals surface area contributed by atoms with Gasteiger partial charge in [0.2, 0.25) is 10.0 Å². The molecule has 21 heavy (non-hydrogen) atoms. The van der Waals surface area contributed by atoms with Crippen LogP contribution < -0.4 is 10.5 Å². The molecular formula is C14H16FN3O2S. The molecule has 0 saturated heterocycles. The van der Waals surface area contributed by atoms with Gasteiger partial charge in [0.15, 0.2) is 0 Å². The van der Waals surface area contributed by atoms with E-state index in [2.05, 4.69) is 9.71 Å². The molecule has 0 aliphatic rings. The van der Waals surface area contributed by atoms with E-state index in [1.807, 2.05) is 0 Å². The van der Waals surface area contributed by atoms with Crippen LogP contribution in [0.2, 0.25) is 0 Å². The number of nitrogen functional groups attached to an aromatic ring is 1. The minimum atomic E-state index is -3.79. The van der Waals surface area contributed by atoms with E-state index in [0.29, 0.717) is 6.42 Å². The van der Waals surface area contributed by atoms with Crippen molar-refractivity contribution in [2.45, 2.75) is 18.2 Å². The predicted molar refractivity (Wildman–Crippen MR) is 78.7 cm³/mol. The topological polar surface area (TPSA) is 85.1 Å². The Morgan fingerprint density at radius 2 is 1.95 bits per heavy atom. The molecule has 1 aromatic carbocycles. The van der Waals surface area contributed by atoms with Crippen molar-refractivity contribution in [2.24, 2.45) is 0 Å². The minimum Gasteiger partial charge on any atom is -0.399 e. The number of nitrogens with one attached hydrogen (secondary N) is 1. The van der Waals surface area contributed by atoms with E-state index < -0.39 is 15.8 Å². The highest BCUT2D eigenvalue weighted by Gasteiger charge is 2.19. The molecule has 3 N–H and O–H groups in total. The van der Waals surface area contributed by atoms with E-state index >= 15 is 0 Å². The molecule has 112 valence electrons. The Bertz CT molecular complexity index is 733. The first-order valence-electron chi connectivity index (χ1n) is 6.34. The van der Waals surface area contributed by atoms with E-state index in [1.54, 1.807) is 24.5 Å². The summed E-state index contributed by atoms with van der Waals surface area (Å²) in [4.78, 5) is 3.76. The third-order valence-electron chi connectivity index (χ3n) is 3.06. The van der Waals surface area contributed by atoms with Crippen LogP contribution in [0.15, 0.2) is 41.6 Å². The molecule has 2 aromatic rings. The van der Waals surface area contributed by atoms with Gasteiger partial charge in [-0.05, 0) is 43.2 Å². The molecule has 0 unspecified atom stereocenters. The van der Waals surface area contributed by atoms with Crippen LogP contribution >= 0.6 is 0 Å². The van der Waals surface area contributed by atoms with Crippen LogP contribution in [-0.2, 0) is 16.4 Å². The highest BCUT2D eigenvalue weighted by atomic mass is 32.2. The van der Waals surface area contributed by atoms with Crippen molar-refractivity contribution < 1.29 is 12.8 Å². The summed E-state index contributed by atoms with van der Waals surface area (Å²) in [5.41, 5.74) is 6.60. The highest BCUT2D eigenvalue weighted by molar-refractivity contribution is 7.89. The Labute approximate surface area is 123 Å². The second-order valence-corrected chi connectivity index (χ2v) is 6.36. The van der Waals surface area contributed by atoms with Crippen molar-refractivity contribution in [2.75, 3.05) is 12.3 Å². The van der Waals surface area contributed by atoms with E-state index in [9.17, 15) is 12.8 Å². The molecule has 0 amide bonds. The Morgan fingerprint density at radius 1 is 1.29 bits per heavy atom. The van der Waals surface area contributed by atoms with Crippen LogP contribution in [0.5, 0.6) is 0 Å². The monoisotopic (exact) mass is 309 g/mol. The molecule has 1 aromatic heterocycles. The Balaban J connectivity index is 2.12. The lowest BCUT2D eigenvalue weighted by molar-refractivity contribution is 0.575. The summed E-state index contributed by atoms with van der Waals surface area (Å²) in [6.45, 7) is 1.62. The summed E-state index contributed by atoms with van der Waals surface area (Å²) in [5.74, 6) is -0.635. The van der Waals surface area contributed by atoms with E-state index in [-0.39, 0.29) is 22.7 Å². The van der Waals surface area contributed by atoms with Gasteiger partial charge in [-0.1, -0.05) is 0 Å². The number of nitrogens with two attached hydrogens (primary N) is 1. The van der Waals surface area contributed by atoms with Gasteiger partial charge in [-0.3, -0.25) is 4.98 Å². The second kappa shape index (κ2) is 6.19. The van der Waals surface area contributed by atoms with Crippen molar-refractivity contribution in [1.82, 2.24) is 9.71 Å². The molecule has 5 nitrogen and oxygen atoms in total. The van der Waals surface area contributed by atoms with Gasteiger partial charge in [0, 0.05) is 30.2 Å². The second-order valence-electron chi connectivity index (χ2n) is 4.63. The van der Waals surface area contributed by atoms with Crippen molar-refractivity contribution in [3.8, 4) is 0 Å². The van der Waals surface area contributed by atoms with E-state index in [1.165, 1.54) is 13.0 Å². The maximum absolute atomic E-state index is 13.6. The van der Waals surface area contributed by atoms with Crippen molar-refractivity contribution in [3.05, 3.63) is 53.6 Å². The summed E-state index contributed by atoms with van der Waals surface area (Å²) < 4.78 is 40.4. The van der Waals surface area contributed by atoms with Gasteiger partial charge in [-0.15, -0.1) is 0 Å². The van der Waals surface area contributed by atoms with Crippen molar-refractivity contribution in [1.29, 1.82) is 0 Å². The SMILES string of the molecule is Cc1c(F)cc(N)cc1S(=O)(=O)NCCc1ccncc1. The Kier molecular flexibility index (Phi) is 4.54. The molecule has 2 rings (SSSR count). The van der Waals surface area contributed by atoms with Gasteiger partial charge in [0.25, 0.3) is 0 Å². The van der Waals surface area contributed by atoms with Gasteiger partial charge in [0.05, 0.1) is 4.90 Å². The van der Waals surface area contributed by atoms with E-state index in [4.69, 9.17) is 5.73 Å². The van der Waals surface area contributed by atoms with Gasteiger partial charge in [-0.2, -0.15) is 0 Å². The Hall–Kier alpha value is -1.99. The van der Waals surface area contributed by atoms with Gasteiger partial charge < -0.3 is 5.73 Å². The normalized spacial score (nSPS) is 11.5. The largest absolute Gasteiger partial charge is 0.399 e. The first-order valence-corrected chi connectivity index (χ1v) is 7.82. The summed E-state index contributed by atoms with van der Waals surface area (Å²) in [5, 5.41) is 0. The quantitative estimate of drug-likeness (QED) is 0.822. The van der Waals surface area contributed by atoms with Crippen LogP contribution in [0.25, 0.3) is 0 Å². The average Bonchev–Trinajstić information content (AvgIpc) is 2.43. The summed E-state index contributed by atoms with van der Waals surface area (Å²) in [6.07, 6.45) is 3.80. The summed E-state index contributed by atoms with van der Waals surface area (Å²) in [7, 11) is -3.79. The fourth-order valence-corrected chi connectivity index (χ4v) is 3.23. The predicted octanol–water partition coefficient (Wildman–Crippen LogP) is 1.63. The number of anilines is 1. The van der Waals surface area contributed by atoms with Crippen LogP contribution in [0.1, 0.15) is 11.1 Å². The maximum Gasteiger partial charge on any atom is 0.241 e. The molecular weight excluding hydrogens is 293 g/mol. The number of sulfonamides is 1. The molecule has 1 heterocycles. The highest BCUT2D eigenvalue weighted by Crippen LogP contribution is 2.21. The fraction of sp³-hybridized carbons (Fsp3) is 0.214. The zero-order valence-corrected chi connectivity index (χ0v) is 12.3. The lowest BCUT2D eigenvalue weighted by Crippen LogP contribution is -2.27. The molecule has 0 fully saturated rings. The maximum atomic E-state index is 13.6. The fourth-order valence-electron chi connectivity index (χ4n) is 1.91. The van der Waals surface area contributed by atoms with Crippen LogP contribution in [0, 0.1) is 12.7 Å². The molecule has 0 atom stereocenters. The molecule has 0 bridgehead atoms. The number of hydrogen-bond acceptors (Lipinski definition) is 4. The summed E-state index contributed by atoms with van der Waals surface area (Å²) in [6, 6.07) is 5.97. The zero-order valence-electron chi connectivity index (χ0n) is 11.5. The van der Waals surface area contributed by atoms with Crippen molar-refractivity contribution in [3.63, 3.8) is 0 Å². The lowest BCUT2D eigenvalue weighted by atomic mass is 10.2. The smallest absolute Gasteiger partial charge is 0.241 e. The standard InChI is InChI=1S/C14H16FN3O2S/c1-10-13(15)8-12(16)9-14(10)21(19,20)18-7-4-11-2-5-17-6-3-11/h2-3,5-6,8-9,18H,4,7,16H2,1H3. The third kappa shape index (κ3) is 3.77. The molecule has 7 heteroatoms. The van der Waals surface area contributed by atoms with Gasteiger partial charge in [-0.25, -0.2) is 17.5 Å². The number of benzene rings is 1. The molecule has 0 aliphatic heterocycles.